The van der Waals surface area contributed by atoms with Gasteiger partial charge in [0.15, 0.2) is 0 Å². The molecule has 2 N–H and O–H groups in total. The maximum Gasteiger partial charge on any atom is 0.131 e. The van der Waals surface area contributed by atoms with Crippen LogP contribution < -0.4 is 10.2 Å². The zero-order chi connectivity index (χ0) is 17.1. The molecule has 0 aliphatic heterocycles. The van der Waals surface area contributed by atoms with Crippen molar-refractivity contribution >= 4 is 5.82 Å². The van der Waals surface area contributed by atoms with E-state index in [0.29, 0.717) is 6.54 Å². The molecular formula is C16H22F2N4O. The van der Waals surface area contributed by atoms with Gasteiger partial charge in [0.25, 0.3) is 0 Å². The quantitative estimate of drug-likeness (QED) is 0.852. The van der Waals surface area contributed by atoms with Gasteiger partial charge in [-0.3, -0.25) is 4.68 Å². The molecule has 1 aromatic carbocycles. The van der Waals surface area contributed by atoms with Crippen molar-refractivity contribution in [1.29, 1.82) is 0 Å². The second-order valence-electron chi connectivity index (χ2n) is 5.72. The number of halogens is 2. The first-order valence-corrected chi connectivity index (χ1v) is 7.34. The smallest absolute Gasteiger partial charge is 0.131 e. The number of aromatic nitrogens is 2. The van der Waals surface area contributed by atoms with Gasteiger partial charge in [0.2, 0.25) is 0 Å². The zero-order valence-corrected chi connectivity index (χ0v) is 13.8. The molecule has 0 saturated heterocycles. The standard InChI is InChI=1S/C16H22F2N4O/c1-10-13(16(21(2)3)22(4)20-10)8-19-9-15(23)12-6-5-11(17)7-14(12)18/h5-7,15,19,23H,8-9H2,1-4H3/t15-/m1/s1. The summed E-state index contributed by atoms with van der Waals surface area (Å²) in [4.78, 5) is 1.97. The molecule has 0 aliphatic carbocycles. The topological polar surface area (TPSA) is 53.3 Å². The van der Waals surface area contributed by atoms with Gasteiger partial charge in [-0.25, -0.2) is 8.78 Å². The fraction of sp³-hybridized carbons (Fsp3) is 0.438. The second-order valence-corrected chi connectivity index (χ2v) is 5.72. The summed E-state index contributed by atoms with van der Waals surface area (Å²) in [6.45, 7) is 2.57. The van der Waals surface area contributed by atoms with Crippen LogP contribution in [-0.4, -0.2) is 35.5 Å². The summed E-state index contributed by atoms with van der Waals surface area (Å²) in [6, 6.07) is 3.17. The molecule has 5 nitrogen and oxygen atoms in total. The Balaban J connectivity index is 2.02. The van der Waals surface area contributed by atoms with E-state index in [1.54, 1.807) is 4.68 Å². The van der Waals surface area contributed by atoms with Gasteiger partial charge in [0.05, 0.1) is 11.8 Å². The maximum atomic E-state index is 13.6. The Morgan fingerprint density at radius 2 is 2.04 bits per heavy atom. The molecule has 1 atom stereocenters. The third-order valence-electron chi connectivity index (χ3n) is 3.70. The van der Waals surface area contributed by atoms with E-state index in [1.807, 2.05) is 33.0 Å². The van der Waals surface area contributed by atoms with E-state index in [2.05, 4.69) is 10.4 Å². The van der Waals surface area contributed by atoms with E-state index in [0.717, 1.165) is 29.2 Å². The number of anilines is 1. The molecule has 2 rings (SSSR count). The van der Waals surface area contributed by atoms with Gasteiger partial charge in [-0.05, 0) is 13.0 Å². The van der Waals surface area contributed by atoms with E-state index in [-0.39, 0.29) is 12.1 Å². The number of rotatable bonds is 6. The Hall–Kier alpha value is -1.99. The van der Waals surface area contributed by atoms with E-state index in [9.17, 15) is 13.9 Å². The lowest BCUT2D eigenvalue weighted by molar-refractivity contribution is 0.169. The Morgan fingerprint density at radius 3 is 2.65 bits per heavy atom. The van der Waals surface area contributed by atoms with Gasteiger partial charge < -0.3 is 15.3 Å². The van der Waals surface area contributed by atoms with Gasteiger partial charge >= 0.3 is 0 Å². The lowest BCUT2D eigenvalue weighted by atomic mass is 10.1. The highest BCUT2D eigenvalue weighted by Crippen LogP contribution is 2.22. The molecule has 23 heavy (non-hydrogen) atoms. The number of hydrogen-bond donors (Lipinski definition) is 2. The molecule has 0 bridgehead atoms. The van der Waals surface area contributed by atoms with Crippen LogP contribution in [-0.2, 0) is 13.6 Å². The van der Waals surface area contributed by atoms with E-state index in [4.69, 9.17) is 0 Å². The molecule has 0 amide bonds. The second kappa shape index (κ2) is 7.06. The molecule has 0 aliphatic rings. The van der Waals surface area contributed by atoms with E-state index in [1.165, 1.54) is 6.07 Å². The number of aliphatic hydroxyl groups excluding tert-OH is 1. The lowest BCUT2D eigenvalue weighted by Gasteiger charge is -2.17. The van der Waals surface area contributed by atoms with Crippen LogP contribution in [0.3, 0.4) is 0 Å². The molecule has 126 valence electrons. The lowest BCUT2D eigenvalue weighted by Crippen LogP contribution is -2.23. The molecule has 0 fully saturated rings. The van der Waals surface area contributed by atoms with Gasteiger partial charge in [0.1, 0.15) is 17.5 Å². The molecule has 7 heteroatoms. The number of aliphatic hydroxyl groups is 1. The fourth-order valence-electron chi connectivity index (χ4n) is 2.67. The highest BCUT2D eigenvalue weighted by molar-refractivity contribution is 5.48. The van der Waals surface area contributed by atoms with Crippen molar-refractivity contribution in [2.45, 2.75) is 19.6 Å². The van der Waals surface area contributed by atoms with Crippen LogP contribution in [0, 0.1) is 18.6 Å². The van der Waals surface area contributed by atoms with E-state index < -0.39 is 17.7 Å². The third kappa shape index (κ3) is 3.86. The van der Waals surface area contributed by atoms with Crippen molar-refractivity contribution in [3.05, 3.63) is 46.7 Å². The Bertz CT molecular complexity index is 685. The van der Waals surface area contributed by atoms with Crippen LogP contribution in [0.5, 0.6) is 0 Å². The minimum absolute atomic E-state index is 0.0784. The predicted molar refractivity (Wildman–Crippen MR) is 85.3 cm³/mol. The predicted octanol–water partition coefficient (Wildman–Crippen LogP) is 1.90. The highest BCUT2D eigenvalue weighted by atomic mass is 19.1. The van der Waals surface area contributed by atoms with Crippen molar-refractivity contribution in [3.63, 3.8) is 0 Å². The summed E-state index contributed by atoms with van der Waals surface area (Å²) in [6.07, 6.45) is -1.05. The van der Waals surface area contributed by atoms with Crippen LogP contribution in [0.2, 0.25) is 0 Å². The zero-order valence-electron chi connectivity index (χ0n) is 13.8. The molecule has 0 spiro atoms. The van der Waals surface area contributed by atoms with Crippen LogP contribution in [0.15, 0.2) is 18.2 Å². The van der Waals surface area contributed by atoms with Crippen molar-refractivity contribution in [3.8, 4) is 0 Å². The summed E-state index contributed by atoms with van der Waals surface area (Å²) in [5, 5.41) is 17.6. The maximum absolute atomic E-state index is 13.6. The molecule has 1 heterocycles. The summed E-state index contributed by atoms with van der Waals surface area (Å²) in [5.74, 6) is -0.434. The summed E-state index contributed by atoms with van der Waals surface area (Å²) in [5.41, 5.74) is 1.99. The number of benzene rings is 1. The first-order valence-electron chi connectivity index (χ1n) is 7.34. The SMILES string of the molecule is Cc1nn(C)c(N(C)C)c1CNC[C@@H](O)c1ccc(F)cc1F. The van der Waals surface area contributed by atoms with Crippen LogP contribution >= 0.6 is 0 Å². The monoisotopic (exact) mass is 324 g/mol. The minimum atomic E-state index is -1.05. The molecular weight excluding hydrogens is 302 g/mol. The Kier molecular flexibility index (Phi) is 5.33. The Morgan fingerprint density at radius 1 is 1.35 bits per heavy atom. The average molecular weight is 324 g/mol. The average Bonchev–Trinajstić information content (AvgIpc) is 2.73. The highest BCUT2D eigenvalue weighted by Gasteiger charge is 2.17. The van der Waals surface area contributed by atoms with Crippen LogP contribution in [0.1, 0.15) is 22.9 Å². The Labute approximate surface area is 134 Å². The van der Waals surface area contributed by atoms with Crippen LogP contribution in [0.25, 0.3) is 0 Å². The van der Waals surface area contributed by atoms with Gasteiger partial charge in [-0.2, -0.15) is 5.10 Å². The largest absolute Gasteiger partial charge is 0.387 e. The van der Waals surface area contributed by atoms with Gasteiger partial charge in [-0.15, -0.1) is 0 Å². The van der Waals surface area contributed by atoms with Crippen molar-refractivity contribution in [2.24, 2.45) is 7.05 Å². The number of nitrogens with zero attached hydrogens (tertiary/aromatic N) is 3. The minimum Gasteiger partial charge on any atom is -0.387 e. The normalized spacial score (nSPS) is 12.5. The van der Waals surface area contributed by atoms with E-state index >= 15 is 0 Å². The fourth-order valence-corrected chi connectivity index (χ4v) is 2.67. The number of aryl methyl sites for hydroxylation is 2. The van der Waals surface area contributed by atoms with Crippen molar-refractivity contribution in [1.82, 2.24) is 15.1 Å². The van der Waals surface area contributed by atoms with Crippen molar-refractivity contribution in [2.75, 3.05) is 25.5 Å². The number of hydrogen-bond acceptors (Lipinski definition) is 4. The molecule has 0 saturated carbocycles. The molecule has 2 aromatic rings. The molecule has 0 radical (unpaired) electrons. The van der Waals surface area contributed by atoms with Crippen molar-refractivity contribution < 1.29 is 13.9 Å². The first-order chi connectivity index (χ1) is 10.8. The third-order valence-corrected chi connectivity index (χ3v) is 3.70. The molecule has 1 aromatic heterocycles. The van der Waals surface area contributed by atoms with Gasteiger partial charge in [0, 0.05) is 51.4 Å². The van der Waals surface area contributed by atoms with Crippen LogP contribution in [0.4, 0.5) is 14.6 Å². The summed E-state index contributed by atoms with van der Waals surface area (Å²) in [7, 11) is 5.74. The summed E-state index contributed by atoms with van der Waals surface area (Å²) >= 11 is 0. The number of nitrogens with one attached hydrogen (secondary N) is 1. The summed E-state index contributed by atoms with van der Waals surface area (Å²) < 4.78 is 28.3. The molecule has 0 unspecified atom stereocenters. The first kappa shape index (κ1) is 17.4. The van der Waals surface area contributed by atoms with Gasteiger partial charge in [-0.1, -0.05) is 6.07 Å².